The molecule has 0 amide bonds. The highest BCUT2D eigenvalue weighted by Gasteiger charge is 2.09. The number of thiazole rings is 1. The van der Waals surface area contributed by atoms with Gasteiger partial charge in [0.2, 0.25) is 0 Å². The van der Waals surface area contributed by atoms with Crippen LogP contribution >= 0.6 is 27.3 Å². The molecule has 0 saturated heterocycles. The standard InChI is InChI=1S/C11H11BrN2S/c12-10-9(6-7-13)14-11(15-10)8-4-2-1-3-5-8/h1-5H,6-7,13H2. The summed E-state index contributed by atoms with van der Waals surface area (Å²) >= 11 is 5.17. The van der Waals surface area contributed by atoms with Gasteiger partial charge in [0, 0.05) is 12.0 Å². The van der Waals surface area contributed by atoms with E-state index in [0.717, 1.165) is 26.5 Å². The van der Waals surface area contributed by atoms with Gasteiger partial charge in [-0.15, -0.1) is 11.3 Å². The summed E-state index contributed by atoms with van der Waals surface area (Å²) in [5.74, 6) is 0. The fourth-order valence-electron chi connectivity index (χ4n) is 1.33. The zero-order valence-corrected chi connectivity index (χ0v) is 10.5. The number of rotatable bonds is 3. The molecule has 4 heteroatoms. The summed E-state index contributed by atoms with van der Waals surface area (Å²) < 4.78 is 1.09. The molecule has 0 atom stereocenters. The van der Waals surface area contributed by atoms with Crippen molar-refractivity contribution < 1.29 is 0 Å². The van der Waals surface area contributed by atoms with Crippen LogP contribution in [0.4, 0.5) is 0 Å². The molecule has 0 aliphatic carbocycles. The van der Waals surface area contributed by atoms with E-state index in [9.17, 15) is 0 Å². The van der Waals surface area contributed by atoms with E-state index < -0.39 is 0 Å². The average molecular weight is 283 g/mol. The van der Waals surface area contributed by atoms with E-state index in [-0.39, 0.29) is 0 Å². The van der Waals surface area contributed by atoms with Crippen LogP contribution in [-0.4, -0.2) is 11.5 Å². The van der Waals surface area contributed by atoms with Crippen LogP contribution < -0.4 is 5.73 Å². The molecule has 0 radical (unpaired) electrons. The largest absolute Gasteiger partial charge is 0.330 e. The van der Waals surface area contributed by atoms with Crippen LogP contribution in [0.15, 0.2) is 34.1 Å². The van der Waals surface area contributed by atoms with Gasteiger partial charge in [0.05, 0.1) is 9.48 Å². The van der Waals surface area contributed by atoms with Crippen LogP contribution in [0.5, 0.6) is 0 Å². The molecule has 2 rings (SSSR count). The second-order valence-electron chi connectivity index (χ2n) is 3.14. The number of aromatic nitrogens is 1. The summed E-state index contributed by atoms with van der Waals surface area (Å²) in [5.41, 5.74) is 7.74. The molecule has 15 heavy (non-hydrogen) atoms. The minimum absolute atomic E-state index is 0.635. The normalized spacial score (nSPS) is 10.5. The van der Waals surface area contributed by atoms with E-state index in [0.29, 0.717) is 6.54 Å². The summed E-state index contributed by atoms with van der Waals surface area (Å²) in [7, 11) is 0. The molecular formula is C11H11BrN2S. The molecule has 1 aromatic carbocycles. The number of benzene rings is 1. The lowest BCUT2D eigenvalue weighted by atomic mass is 10.2. The fourth-order valence-corrected chi connectivity index (χ4v) is 2.92. The van der Waals surface area contributed by atoms with Gasteiger partial charge in [0.1, 0.15) is 5.01 Å². The Morgan fingerprint density at radius 2 is 2.00 bits per heavy atom. The smallest absolute Gasteiger partial charge is 0.124 e. The third kappa shape index (κ3) is 2.45. The van der Waals surface area contributed by atoms with Gasteiger partial charge in [-0.1, -0.05) is 30.3 Å². The molecule has 2 aromatic rings. The minimum Gasteiger partial charge on any atom is -0.330 e. The highest BCUT2D eigenvalue weighted by atomic mass is 79.9. The van der Waals surface area contributed by atoms with E-state index in [4.69, 9.17) is 5.73 Å². The number of hydrogen-bond donors (Lipinski definition) is 1. The van der Waals surface area contributed by atoms with Crippen molar-refractivity contribution in [2.75, 3.05) is 6.54 Å². The fraction of sp³-hybridized carbons (Fsp3) is 0.182. The van der Waals surface area contributed by atoms with Crippen molar-refractivity contribution in [3.05, 3.63) is 39.8 Å². The van der Waals surface area contributed by atoms with Gasteiger partial charge in [0.25, 0.3) is 0 Å². The Kier molecular flexibility index (Phi) is 3.51. The van der Waals surface area contributed by atoms with Gasteiger partial charge in [-0.3, -0.25) is 0 Å². The van der Waals surface area contributed by atoms with Crippen LogP contribution in [0.3, 0.4) is 0 Å². The Labute approximate surface area is 101 Å². The van der Waals surface area contributed by atoms with Crippen molar-refractivity contribution >= 4 is 27.3 Å². The molecule has 0 fully saturated rings. The summed E-state index contributed by atoms with van der Waals surface area (Å²) in [6.45, 7) is 0.635. The molecule has 0 bridgehead atoms. The molecule has 0 aliphatic heterocycles. The van der Waals surface area contributed by atoms with Gasteiger partial charge >= 0.3 is 0 Å². The Hall–Kier alpha value is -0.710. The lowest BCUT2D eigenvalue weighted by Crippen LogP contribution is -2.03. The SMILES string of the molecule is NCCc1nc(-c2ccccc2)sc1Br. The highest BCUT2D eigenvalue weighted by Crippen LogP contribution is 2.31. The molecule has 0 aliphatic rings. The monoisotopic (exact) mass is 282 g/mol. The van der Waals surface area contributed by atoms with Crippen molar-refractivity contribution in [1.82, 2.24) is 4.98 Å². The zero-order chi connectivity index (χ0) is 10.7. The summed E-state index contributed by atoms with van der Waals surface area (Å²) in [4.78, 5) is 4.56. The van der Waals surface area contributed by atoms with Crippen LogP contribution in [0.2, 0.25) is 0 Å². The van der Waals surface area contributed by atoms with Crippen LogP contribution in [0, 0.1) is 0 Å². The van der Waals surface area contributed by atoms with Gasteiger partial charge in [0.15, 0.2) is 0 Å². The quantitative estimate of drug-likeness (QED) is 0.940. The summed E-state index contributed by atoms with van der Waals surface area (Å²) in [6, 6.07) is 10.2. The first-order valence-electron chi connectivity index (χ1n) is 4.72. The van der Waals surface area contributed by atoms with Crippen molar-refractivity contribution in [1.29, 1.82) is 0 Å². The highest BCUT2D eigenvalue weighted by molar-refractivity contribution is 9.11. The molecular weight excluding hydrogens is 272 g/mol. The predicted octanol–water partition coefficient (Wildman–Crippen LogP) is 3.07. The topological polar surface area (TPSA) is 38.9 Å². The van der Waals surface area contributed by atoms with Gasteiger partial charge in [-0.2, -0.15) is 0 Å². The predicted molar refractivity (Wildman–Crippen MR) is 68.0 cm³/mol. The van der Waals surface area contributed by atoms with E-state index in [1.165, 1.54) is 0 Å². The lowest BCUT2D eigenvalue weighted by molar-refractivity contribution is 0.931. The second kappa shape index (κ2) is 4.88. The van der Waals surface area contributed by atoms with Crippen molar-refractivity contribution in [3.63, 3.8) is 0 Å². The Balaban J connectivity index is 2.34. The maximum absolute atomic E-state index is 5.52. The number of nitrogens with two attached hydrogens (primary N) is 1. The van der Waals surface area contributed by atoms with E-state index in [2.05, 4.69) is 33.0 Å². The van der Waals surface area contributed by atoms with Crippen molar-refractivity contribution in [2.45, 2.75) is 6.42 Å². The average Bonchev–Trinajstić information content (AvgIpc) is 2.63. The van der Waals surface area contributed by atoms with Crippen LogP contribution in [-0.2, 0) is 6.42 Å². The molecule has 2 N–H and O–H groups in total. The molecule has 1 aromatic heterocycles. The first kappa shape index (κ1) is 10.8. The first-order chi connectivity index (χ1) is 7.31. The Morgan fingerprint density at radius 1 is 1.27 bits per heavy atom. The number of hydrogen-bond acceptors (Lipinski definition) is 3. The van der Waals surface area contributed by atoms with E-state index >= 15 is 0 Å². The molecule has 0 unspecified atom stereocenters. The van der Waals surface area contributed by atoms with E-state index in [1.54, 1.807) is 11.3 Å². The Bertz CT molecular complexity index is 439. The maximum atomic E-state index is 5.52. The first-order valence-corrected chi connectivity index (χ1v) is 6.33. The molecule has 2 nitrogen and oxygen atoms in total. The lowest BCUT2D eigenvalue weighted by Gasteiger charge is -1.93. The number of nitrogens with zero attached hydrogens (tertiary/aromatic N) is 1. The minimum atomic E-state index is 0.635. The van der Waals surface area contributed by atoms with Gasteiger partial charge in [-0.25, -0.2) is 4.98 Å². The summed E-state index contributed by atoms with van der Waals surface area (Å²) in [5, 5.41) is 1.05. The van der Waals surface area contributed by atoms with Gasteiger partial charge in [-0.05, 0) is 22.5 Å². The molecule has 0 spiro atoms. The molecule has 1 heterocycles. The van der Waals surface area contributed by atoms with Crippen molar-refractivity contribution in [3.8, 4) is 10.6 Å². The van der Waals surface area contributed by atoms with Crippen molar-refractivity contribution in [2.24, 2.45) is 5.73 Å². The van der Waals surface area contributed by atoms with Crippen LogP contribution in [0.25, 0.3) is 10.6 Å². The third-order valence-corrected chi connectivity index (χ3v) is 3.93. The maximum Gasteiger partial charge on any atom is 0.124 e. The molecule has 0 saturated carbocycles. The zero-order valence-electron chi connectivity index (χ0n) is 8.11. The Morgan fingerprint density at radius 3 is 2.67 bits per heavy atom. The van der Waals surface area contributed by atoms with Gasteiger partial charge < -0.3 is 5.73 Å². The second-order valence-corrected chi connectivity index (χ2v) is 5.46. The number of halogens is 1. The molecule has 78 valence electrons. The summed E-state index contributed by atoms with van der Waals surface area (Å²) in [6.07, 6.45) is 0.823. The third-order valence-electron chi connectivity index (χ3n) is 2.05. The van der Waals surface area contributed by atoms with E-state index in [1.807, 2.05) is 18.2 Å². The van der Waals surface area contributed by atoms with Crippen LogP contribution in [0.1, 0.15) is 5.69 Å².